The molecule has 0 spiro atoms. The first-order valence-electron chi connectivity index (χ1n) is 10.7. The summed E-state index contributed by atoms with van der Waals surface area (Å²) in [5, 5.41) is 3.71. The van der Waals surface area contributed by atoms with E-state index in [-0.39, 0.29) is 11.5 Å². The fourth-order valence-corrected chi connectivity index (χ4v) is 4.69. The van der Waals surface area contributed by atoms with Crippen LogP contribution in [0.1, 0.15) is 43.9 Å². The molecule has 0 saturated carbocycles. The van der Waals surface area contributed by atoms with E-state index in [0.717, 1.165) is 53.0 Å². The Labute approximate surface area is 189 Å². The van der Waals surface area contributed by atoms with Crippen LogP contribution in [0.2, 0.25) is 0 Å². The van der Waals surface area contributed by atoms with Crippen molar-refractivity contribution in [2.75, 3.05) is 34.1 Å². The lowest BCUT2D eigenvalue weighted by atomic mass is 9.95. The van der Waals surface area contributed by atoms with Gasteiger partial charge in [-0.1, -0.05) is 19.9 Å². The Kier molecular flexibility index (Phi) is 7.89. The van der Waals surface area contributed by atoms with E-state index in [1.165, 1.54) is 11.8 Å². The Bertz CT molecular complexity index is 990. The highest BCUT2D eigenvalue weighted by Crippen LogP contribution is 2.50. The minimum Gasteiger partial charge on any atom is -0.493 e. The van der Waals surface area contributed by atoms with E-state index < -0.39 is 0 Å². The van der Waals surface area contributed by atoms with Gasteiger partial charge in [0.15, 0.2) is 16.9 Å². The molecule has 0 fully saturated rings. The SMILES string of the molecule is COc1cc2c(c(OC)c1OC)-c1ccc(SC)c(=O)cc1[C@@H](NCCC(C)C)CC2. The summed E-state index contributed by atoms with van der Waals surface area (Å²) in [6, 6.07) is 7.90. The molecule has 0 bridgehead atoms. The van der Waals surface area contributed by atoms with Crippen molar-refractivity contribution < 1.29 is 14.2 Å². The number of hydrogen-bond donors (Lipinski definition) is 1. The molecule has 0 radical (unpaired) electrons. The number of aryl methyl sites for hydroxylation is 1. The molecular weight excluding hydrogens is 410 g/mol. The van der Waals surface area contributed by atoms with E-state index in [0.29, 0.717) is 23.2 Å². The van der Waals surface area contributed by atoms with E-state index in [4.69, 9.17) is 14.2 Å². The van der Waals surface area contributed by atoms with Gasteiger partial charge in [-0.25, -0.2) is 0 Å². The normalized spacial score (nSPS) is 15.1. The molecule has 3 rings (SSSR count). The van der Waals surface area contributed by atoms with E-state index in [1.54, 1.807) is 27.4 Å². The van der Waals surface area contributed by atoms with Crippen LogP contribution in [0.5, 0.6) is 17.2 Å². The third-order valence-corrected chi connectivity index (χ3v) is 6.61. The maximum Gasteiger partial charge on any atom is 0.203 e. The maximum atomic E-state index is 12.9. The van der Waals surface area contributed by atoms with Crippen LogP contribution in [0.3, 0.4) is 0 Å². The van der Waals surface area contributed by atoms with Crippen molar-refractivity contribution in [1.29, 1.82) is 0 Å². The van der Waals surface area contributed by atoms with Gasteiger partial charge in [0, 0.05) is 11.6 Å². The van der Waals surface area contributed by atoms with Crippen LogP contribution in [-0.2, 0) is 6.42 Å². The molecule has 1 atom stereocenters. The van der Waals surface area contributed by atoms with Gasteiger partial charge >= 0.3 is 0 Å². The van der Waals surface area contributed by atoms with Crippen molar-refractivity contribution in [2.24, 2.45) is 5.92 Å². The number of rotatable bonds is 8. The van der Waals surface area contributed by atoms with Crippen LogP contribution >= 0.6 is 11.8 Å². The van der Waals surface area contributed by atoms with Gasteiger partial charge < -0.3 is 19.5 Å². The molecule has 6 heteroatoms. The highest BCUT2D eigenvalue weighted by Gasteiger charge is 2.28. The van der Waals surface area contributed by atoms with Crippen molar-refractivity contribution in [3.63, 3.8) is 0 Å². The highest BCUT2D eigenvalue weighted by molar-refractivity contribution is 7.98. The molecule has 0 heterocycles. The van der Waals surface area contributed by atoms with Crippen LogP contribution in [0.25, 0.3) is 11.1 Å². The molecule has 168 valence electrons. The number of methoxy groups -OCH3 is 3. The third-order valence-electron chi connectivity index (χ3n) is 5.83. The predicted molar refractivity (Wildman–Crippen MR) is 128 cm³/mol. The van der Waals surface area contributed by atoms with Crippen molar-refractivity contribution in [3.05, 3.63) is 45.6 Å². The Morgan fingerprint density at radius 3 is 2.45 bits per heavy atom. The molecule has 31 heavy (non-hydrogen) atoms. The smallest absolute Gasteiger partial charge is 0.203 e. The van der Waals surface area contributed by atoms with Crippen molar-refractivity contribution in [2.45, 2.75) is 44.0 Å². The lowest BCUT2D eigenvalue weighted by Crippen LogP contribution is -2.24. The topological polar surface area (TPSA) is 56.8 Å². The summed E-state index contributed by atoms with van der Waals surface area (Å²) in [5.74, 6) is 2.49. The van der Waals surface area contributed by atoms with Gasteiger partial charge in [0.2, 0.25) is 5.75 Å². The van der Waals surface area contributed by atoms with Crippen LogP contribution in [0.4, 0.5) is 0 Å². The lowest BCUT2D eigenvalue weighted by molar-refractivity contribution is 0.324. The molecule has 2 aromatic rings. The minimum absolute atomic E-state index is 0.0484. The van der Waals surface area contributed by atoms with E-state index >= 15 is 0 Å². The number of ether oxygens (including phenoxy) is 3. The number of nitrogens with one attached hydrogen (secondary N) is 1. The second-order valence-corrected chi connectivity index (χ2v) is 9.03. The standard InChI is InChI=1S/C25H33NO4S/c1-15(2)11-12-26-19-9-7-16-13-21(28-3)24(29-4)25(30-5)23(16)17-8-10-22(31-6)20(27)14-18(17)19/h8,10,13-15,19,26H,7,9,11-12H2,1-6H3/t19-/m0/s1. The molecule has 0 amide bonds. The number of fused-ring (bicyclic) bond motifs is 3. The highest BCUT2D eigenvalue weighted by atomic mass is 32.2. The molecule has 0 unspecified atom stereocenters. The average Bonchev–Trinajstić information content (AvgIpc) is 3.00. The second kappa shape index (κ2) is 10.4. The van der Waals surface area contributed by atoms with Crippen LogP contribution < -0.4 is 25.0 Å². The van der Waals surface area contributed by atoms with E-state index in [9.17, 15) is 4.79 Å². The Hall–Kier alpha value is -2.18. The van der Waals surface area contributed by atoms with Crippen molar-refractivity contribution in [3.8, 4) is 28.4 Å². The quantitative estimate of drug-likeness (QED) is 0.574. The molecule has 1 aliphatic rings. The van der Waals surface area contributed by atoms with Gasteiger partial charge in [-0.15, -0.1) is 11.8 Å². The molecule has 0 aromatic heterocycles. The van der Waals surface area contributed by atoms with Gasteiger partial charge in [-0.3, -0.25) is 4.79 Å². The summed E-state index contributed by atoms with van der Waals surface area (Å²) in [6.45, 7) is 5.36. The molecule has 0 saturated heterocycles. The van der Waals surface area contributed by atoms with Gasteiger partial charge in [0.25, 0.3) is 0 Å². The summed E-state index contributed by atoms with van der Waals surface area (Å²) in [5.41, 5.74) is 4.18. The number of hydrogen-bond acceptors (Lipinski definition) is 6. The number of thioether (sulfide) groups is 1. The van der Waals surface area contributed by atoms with Crippen LogP contribution in [-0.4, -0.2) is 34.1 Å². The van der Waals surface area contributed by atoms with Crippen molar-refractivity contribution >= 4 is 11.8 Å². The molecule has 1 aliphatic carbocycles. The van der Waals surface area contributed by atoms with Gasteiger partial charge in [-0.2, -0.15) is 0 Å². The largest absolute Gasteiger partial charge is 0.493 e. The average molecular weight is 444 g/mol. The second-order valence-electron chi connectivity index (χ2n) is 8.19. The first kappa shape index (κ1) is 23.5. The van der Waals surface area contributed by atoms with E-state index in [1.807, 2.05) is 18.4 Å². The Morgan fingerprint density at radius 2 is 1.84 bits per heavy atom. The molecule has 5 nitrogen and oxygen atoms in total. The zero-order valence-electron chi connectivity index (χ0n) is 19.3. The van der Waals surface area contributed by atoms with Gasteiger partial charge in [-0.05, 0) is 72.9 Å². The minimum atomic E-state index is 0.0484. The van der Waals surface area contributed by atoms with Gasteiger partial charge in [0.05, 0.1) is 26.2 Å². The third kappa shape index (κ3) is 4.85. The van der Waals surface area contributed by atoms with Crippen molar-refractivity contribution in [1.82, 2.24) is 5.32 Å². The molecule has 0 aliphatic heterocycles. The first-order valence-corrected chi connectivity index (χ1v) is 11.9. The lowest BCUT2D eigenvalue weighted by Gasteiger charge is -2.20. The van der Waals surface area contributed by atoms with E-state index in [2.05, 4.69) is 25.2 Å². The summed E-state index contributed by atoms with van der Waals surface area (Å²) >= 11 is 1.47. The zero-order valence-corrected chi connectivity index (χ0v) is 20.2. The van der Waals surface area contributed by atoms with Gasteiger partial charge in [0.1, 0.15) is 0 Å². The predicted octanol–water partition coefficient (Wildman–Crippen LogP) is 5.08. The van der Waals surface area contributed by atoms with Crippen LogP contribution in [0.15, 0.2) is 34.0 Å². The Balaban J connectivity index is 2.27. The Morgan fingerprint density at radius 1 is 1.10 bits per heavy atom. The fourth-order valence-electron chi connectivity index (χ4n) is 4.23. The summed E-state index contributed by atoms with van der Waals surface area (Å²) in [6.07, 6.45) is 4.74. The summed E-state index contributed by atoms with van der Waals surface area (Å²) in [4.78, 5) is 13.7. The number of benzene rings is 1. The van der Waals surface area contributed by atoms with Crippen LogP contribution in [0, 0.1) is 5.92 Å². The summed E-state index contributed by atoms with van der Waals surface area (Å²) < 4.78 is 17.1. The summed E-state index contributed by atoms with van der Waals surface area (Å²) in [7, 11) is 4.90. The molecule has 1 N–H and O–H groups in total. The monoisotopic (exact) mass is 443 g/mol. The first-order chi connectivity index (χ1) is 14.9. The molecule has 2 aromatic carbocycles. The molecular formula is C25H33NO4S. The fraction of sp³-hybridized carbons (Fsp3) is 0.480. The zero-order chi connectivity index (χ0) is 22.5. The maximum absolute atomic E-state index is 12.9.